The molecule has 0 amide bonds. The predicted molar refractivity (Wildman–Crippen MR) is 92.7 cm³/mol. The maximum absolute atomic E-state index is 11.0. The normalized spacial score (nSPS) is 10.8. The van der Waals surface area contributed by atoms with Crippen molar-refractivity contribution in [2.45, 2.75) is 0 Å². The molecule has 1 aromatic carbocycles. The highest BCUT2D eigenvalue weighted by molar-refractivity contribution is 5.73. The van der Waals surface area contributed by atoms with Crippen LogP contribution in [-0.4, -0.2) is 4.98 Å². The number of pyridine rings is 2. The summed E-state index contributed by atoms with van der Waals surface area (Å²) in [6.45, 7) is 0. The van der Waals surface area contributed by atoms with E-state index in [4.69, 9.17) is 5.73 Å². The number of nitrogens with two attached hydrogens (primary N) is 1. The van der Waals surface area contributed by atoms with Gasteiger partial charge in [0.1, 0.15) is 0 Å². The largest absolute Gasteiger partial charge is 0.619 e. The lowest BCUT2D eigenvalue weighted by Gasteiger charge is -2.08. The van der Waals surface area contributed by atoms with Gasteiger partial charge in [0, 0.05) is 24.0 Å². The summed E-state index contributed by atoms with van der Waals surface area (Å²) >= 11 is 0. The van der Waals surface area contributed by atoms with E-state index in [0.29, 0.717) is 11.5 Å². The van der Waals surface area contributed by atoms with Crippen molar-refractivity contribution in [3.63, 3.8) is 0 Å². The highest BCUT2D eigenvalue weighted by atomic mass is 16.5. The van der Waals surface area contributed by atoms with Gasteiger partial charge in [0.2, 0.25) is 0 Å². The summed E-state index contributed by atoms with van der Waals surface area (Å²) in [5.41, 5.74) is 9.39. The Kier molecular flexibility index (Phi) is 4.20. The minimum atomic E-state index is 0.601. The minimum absolute atomic E-state index is 0.601. The van der Waals surface area contributed by atoms with Crippen LogP contribution in [0, 0.1) is 5.21 Å². The molecule has 3 rings (SSSR count). The van der Waals surface area contributed by atoms with Crippen molar-refractivity contribution < 1.29 is 4.73 Å². The first-order valence-electron chi connectivity index (χ1n) is 7.15. The summed E-state index contributed by atoms with van der Waals surface area (Å²) in [4.78, 5) is 4.22. The summed E-state index contributed by atoms with van der Waals surface area (Å²) in [5.74, 6) is 0.636. The number of anilines is 3. The van der Waals surface area contributed by atoms with Gasteiger partial charge in [-0.2, -0.15) is 4.73 Å². The van der Waals surface area contributed by atoms with Crippen LogP contribution in [0.4, 0.5) is 17.2 Å². The maximum atomic E-state index is 11.0. The zero-order chi connectivity index (χ0) is 16.1. The number of nitrogens with zero attached hydrogens (tertiary/aromatic N) is 2. The lowest BCUT2D eigenvalue weighted by atomic mass is 10.1. The third-order valence-corrected chi connectivity index (χ3v) is 3.28. The summed E-state index contributed by atoms with van der Waals surface area (Å²) in [6.07, 6.45) is 8.58. The van der Waals surface area contributed by atoms with Gasteiger partial charge in [-0.1, -0.05) is 24.3 Å². The molecule has 0 atom stereocenters. The molecule has 0 saturated heterocycles. The van der Waals surface area contributed by atoms with E-state index in [9.17, 15) is 5.21 Å². The monoisotopic (exact) mass is 304 g/mol. The number of hydrogen-bond donors (Lipinski definition) is 2. The average molecular weight is 304 g/mol. The van der Waals surface area contributed by atoms with Crippen LogP contribution in [0.2, 0.25) is 0 Å². The van der Waals surface area contributed by atoms with E-state index in [1.165, 1.54) is 12.4 Å². The lowest BCUT2D eigenvalue weighted by Crippen LogP contribution is -2.23. The summed E-state index contributed by atoms with van der Waals surface area (Å²) in [7, 11) is 0. The molecule has 5 heteroatoms. The topological polar surface area (TPSA) is 77.9 Å². The van der Waals surface area contributed by atoms with E-state index in [-0.39, 0.29) is 0 Å². The maximum Gasteiger partial charge on any atom is 0.180 e. The Labute approximate surface area is 134 Å². The molecule has 0 fully saturated rings. The molecule has 23 heavy (non-hydrogen) atoms. The van der Waals surface area contributed by atoms with Gasteiger partial charge in [-0.15, -0.1) is 0 Å². The Bertz CT molecular complexity index is 828. The molecule has 0 aliphatic carbocycles. The van der Waals surface area contributed by atoms with Crippen molar-refractivity contribution in [1.82, 2.24) is 4.98 Å². The Morgan fingerprint density at radius 2 is 1.78 bits per heavy atom. The fourth-order valence-corrected chi connectivity index (χ4v) is 2.11. The Hall–Kier alpha value is -3.34. The van der Waals surface area contributed by atoms with Crippen LogP contribution in [0.15, 0.2) is 67.1 Å². The highest BCUT2D eigenvalue weighted by Gasteiger charge is 2.00. The number of aromatic nitrogens is 2. The van der Waals surface area contributed by atoms with Crippen molar-refractivity contribution in [1.29, 1.82) is 0 Å². The first-order valence-corrected chi connectivity index (χ1v) is 7.15. The van der Waals surface area contributed by atoms with Gasteiger partial charge < -0.3 is 16.3 Å². The second-order valence-corrected chi connectivity index (χ2v) is 5.02. The van der Waals surface area contributed by atoms with Gasteiger partial charge in [0.15, 0.2) is 18.2 Å². The molecular weight excluding hydrogens is 288 g/mol. The van der Waals surface area contributed by atoms with Crippen LogP contribution in [0.25, 0.3) is 12.2 Å². The van der Waals surface area contributed by atoms with Gasteiger partial charge in [0.05, 0.1) is 5.69 Å². The van der Waals surface area contributed by atoms with Gasteiger partial charge in [0.25, 0.3) is 0 Å². The van der Waals surface area contributed by atoms with Crippen LogP contribution < -0.4 is 15.8 Å². The van der Waals surface area contributed by atoms with Gasteiger partial charge >= 0.3 is 0 Å². The van der Waals surface area contributed by atoms with E-state index >= 15 is 0 Å². The molecule has 0 saturated carbocycles. The summed E-state index contributed by atoms with van der Waals surface area (Å²) in [5, 5.41) is 14.2. The van der Waals surface area contributed by atoms with Gasteiger partial charge in [-0.05, 0) is 35.4 Å². The van der Waals surface area contributed by atoms with Crippen LogP contribution in [0.5, 0.6) is 0 Å². The number of benzene rings is 1. The third-order valence-electron chi connectivity index (χ3n) is 3.28. The second kappa shape index (κ2) is 6.62. The standard InChI is InChI=1S/C18H16N4O/c19-17-5-2-10-20-18(17)21-16-4-1-3-15(13-16)7-6-14-8-11-22(23)12-9-14/h1-13H,19H2,(H,20,21). The Morgan fingerprint density at radius 3 is 2.57 bits per heavy atom. The van der Waals surface area contributed by atoms with Crippen LogP contribution in [0.1, 0.15) is 11.1 Å². The van der Waals surface area contributed by atoms with Crippen molar-refractivity contribution in [3.05, 3.63) is 83.5 Å². The predicted octanol–water partition coefficient (Wildman–Crippen LogP) is 3.21. The van der Waals surface area contributed by atoms with E-state index in [2.05, 4.69) is 10.3 Å². The SMILES string of the molecule is Nc1cccnc1Nc1cccc(C=Cc2cc[n+]([O-])cc2)c1. The number of nitrogen functional groups attached to an aromatic ring is 1. The Morgan fingerprint density at radius 1 is 1.00 bits per heavy atom. The van der Waals surface area contributed by atoms with Crippen LogP contribution >= 0.6 is 0 Å². The van der Waals surface area contributed by atoms with Gasteiger partial charge in [-0.3, -0.25) is 0 Å². The molecule has 0 bridgehead atoms. The zero-order valence-corrected chi connectivity index (χ0v) is 12.4. The molecule has 3 aromatic rings. The molecule has 0 aliphatic rings. The zero-order valence-electron chi connectivity index (χ0n) is 12.4. The molecule has 5 nitrogen and oxygen atoms in total. The van der Waals surface area contributed by atoms with Crippen molar-refractivity contribution >= 4 is 29.3 Å². The molecule has 0 unspecified atom stereocenters. The Balaban J connectivity index is 1.77. The second-order valence-electron chi connectivity index (χ2n) is 5.02. The van der Waals surface area contributed by atoms with E-state index < -0.39 is 0 Å². The first-order chi connectivity index (χ1) is 11.2. The number of rotatable bonds is 4. The fraction of sp³-hybridized carbons (Fsp3) is 0. The minimum Gasteiger partial charge on any atom is -0.619 e. The van der Waals surface area contributed by atoms with Crippen molar-refractivity contribution in [3.8, 4) is 0 Å². The highest BCUT2D eigenvalue weighted by Crippen LogP contribution is 2.21. The molecular formula is C18H16N4O. The quantitative estimate of drug-likeness (QED) is 0.573. The first kappa shape index (κ1) is 14.6. The molecule has 0 aliphatic heterocycles. The number of hydrogen-bond acceptors (Lipinski definition) is 4. The third kappa shape index (κ3) is 3.85. The van der Waals surface area contributed by atoms with E-state index in [0.717, 1.165) is 21.5 Å². The molecule has 0 spiro atoms. The molecule has 3 N–H and O–H groups in total. The van der Waals surface area contributed by atoms with Crippen LogP contribution in [0.3, 0.4) is 0 Å². The molecule has 2 aromatic heterocycles. The molecule has 2 heterocycles. The molecule has 0 radical (unpaired) electrons. The van der Waals surface area contributed by atoms with E-state index in [1.807, 2.05) is 36.4 Å². The van der Waals surface area contributed by atoms with Gasteiger partial charge in [-0.25, -0.2) is 4.98 Å². The van der Waals surface area contributed by atoms with E-state index in [1.54, 1.807) is 30.5 Å². The number of nitrogens with one attached hydrogen (secondary N) is 1. The lowest BCUT2D eigenvalue weighted by molar-refractivity contribution is -0.605. The fourth-order valence-electron chi connectivity index (χ4n) is 2.11. The smallest absolute Gasteiger partial charge is 0.180 e. The summed E-state index contributed by atoms with van der Waals surface area (Å²) < 4.78 is 0.763. The average Bonchev–Trinajstić information content (AvgIpc) is 2.57. The molecule has 114 valence electrons. The van der Waals surface area contributed by atoms with Crippen LogP contribution in [-0.2, 0) is 0 Å². The van der Waals surface area contributed by atoms with Crippen molar-refractivity contribution in [2.24, 2.45) is 0 Å². The summed E-state index contributed by atoms with van der Waals surface area (Å²) in [6, 6.07) is 15.0. The van der Waals surface area contributed by atoms with Crippen molar-refractivity contribution in [2.75, 3.05) is 11.1 Å².